The largest absolute Gasteiger partial charge is 0.482 e. The number of benzene rings is 1. The molecule has 122 valence electrons. The summed E-state index contributed by atoms with van der Waals surface area (Å²) in [4.78, 5) is 23.2. The second-order valence-electron chi connectivity index (χ2n) is 4.53. The lowest BCUT2D eigenvalue weighted by Gasteiger charge is -2.10. The molecule has 5 nitrogen and oxygen atoms in total. The van der Waals surface area contributed by atoms with Crippen LogP contribution in [0.15, 0.2) is 24.3 Å². The SMILES string of the molecule is COC(=O)COc1ccc(NC(=O)c2cc(Cl)sc2Cl)c(C)c1. The van der Waals surface area contributed by atoms with Gasteiger partial charge in [-0.1, -0.05) is 23.2 Å². The number of hydrogen-bond donors (Lipinski definition) is 1. The van der Waals surface area contributed by atoms with Crippen LogP contribution in [0, 0.1) is 6.92 Å². The number of aryl methyl sites for hydroxylation is 1. The molecule has 1 aromatic carbocycles. The topological polar surface area (TPSA) is 64.6 Å². The third kappa shape index (κ3) is 4.60. The lowest BCUT2D eigenvalue weighted by Crippen LogP contribution is -2.14. The quantitative estimate of drug-likeness (QED) is 0.798. The molecule has 0 saturated carbocycles. The van der Waals surface area contributed by atoms with Crippen molar-refractivity contribution in [2.75, 3.05) is 19.0 Å². The molecule has 0 atom stereocenters. The molecule has 0 fully saturated rings. The highest BCUT2D eigenvalue weighted by atomic mass is 35.5. The van der Waals surface area contributed by atoms with Gasteiger partial charge >= 0.3 is 5.97 Å². The number of methoxy groups -OCH3 is 1. The van der Waals surface area contributed by atoms with E-state index in [9.17, 15) is 9.59 Å². The molecule has 0 spiro atoms. The highest BCUT2D eigenvalue weighted by Crippen LogP contribution is 2.32. The van der Waals surface area contributed by atoms with Crippen LogP contribution in [0.3, 0.4) is 0 Å². The third-order valence-electron chi connectivity index (χ3n) is 2.93. The van der Waals surface area contributed by atoms with E-state index >= 15 is 0 Å². The van der Waals surface area contributed by atoms with Crippen molar-refractivity contribution >= 4 is 52.1 Å². The Hall–Kier alpha value is -1.76. The fourth-order valence-electron chi connectivity index (χ4n) is 1.75. The molecule has 2 aromatic rings. The molecule has 0 saturated heterocycles. The van der Waals surface area contributed by atoms with E-state index in [-0.39, 0.29) is 12.5 Å². The Bertz CT molecular complexity index is 745. The molecule has 23 heavy (non-hydrogen) atoms. The summed E-state index contributed by atoms with van der Waals surface area (Å²) in [7, 11) is 1.29. The monoisotopic (exact) mass is 373 g/mol. The summed E-state index contributed by atoms with van der Waals surface area (Å²) in [6, 6.07) is 6.56. The van der Waals surface area contributed by atoms with Gasteiger partial charge in [-0.3, -0.25) is 4.79 Å². The van der Waals surface area contributed by atoms with Crippen LogP contribution in [0.2, 0.25) is 8.67 Å². The standard InChI is InChI=1S/C15H13Cl2NO4S/c1-8-5-9(22-7-13(19)21-2)3-4-11(8)18-15(20)10-6-12(16)23-14(10)17/h3-6H,7H2,1-2H3,(H,18,20). The van der Waals surface area contributed by atoms with Gasteiger partial charge in [0.2, 0.25) is 0 Å². The fourth-order valence-corrected chi connectivity index (χ4v) is 3.21. The summed E-state index contributed by atoms with van der Waals surface area (Å²) in [6.07, 6.45) is 0. The van der Waals surface area contributed by atoms with Crippen molar-refractivity contribution in [1.29, 1.82) is 0 Å². The van der Waals surface area contributed by atoms with Gasteiger partial charge in [-0.15, -0.1) is 11.3 Å². The molecule has 0 unspecified atom stereocenters. The number of esters is 1. The summed E-state index contributed by atoms with van der Waals surface area (Å²) in [5, 5.41) is 2.76. The van der Waals surface area contributed by atoms with E-state index in [1.165, 1.54) is 13.2 Å². The first kappa shape index (κ1) is 17.6. The third-order valence-corrected chi connectivity index (χ3v) is 4.42. The van der Waals surface area contributed by atoms with Gasteiger partial charge in [0, 0.05) is 5.69 Å². The van der Waals surface area contributed by atoms with Gasteiger partial charge < -0.3 is 14.8 Å². The number of carbonyl (C=O) groups is 2. The predicted molar refractivity (Wildman–Crippen MR) is 91.0 cm³/mol. The van der Waals surface area contributed by atoms with Crippen LogP contribution in [0.25, 0.3) is 0 Å². The zero-order valence-corrected chi connectivity index (χ0v) is 14.6. The molecule has 1 N–H and O–H groups in total. The molecule has 0 radical (unpaired) electrons. The second-order valence-corrected chi connectivity index (χ2v) is 6.82. The Morgan fingerprint density at radius 2 is 2.00 bits per heavy atom. The van der Waals surface area contributed by atoms with Crippen molar-refractivity contribution in [3.8, 4) is 5.75 Å². The minimum absolute atomic E-state index is 0.176. The molecule has 0 bridgehead atoms. The van der Waals surface area contributed by atoms with Crippen molar-refractivity contribution in [2.24, 2.45) is 0 Å². The van der Waals surface area contributed by atoms with E-state index in [1.54, 1.807) is 18.2 Å². The van der Waals surface area contributed by atoms with Crippen LogP contribution >= 0.6 is 34.5 Å². The molecule has 0 aliphatic carbocycles. The summed E-state index contributed by atoms with van der Waals surface area (Å²) in [5.41, 5.74) is 1.71. The van der Waals surface area contributed by atoms with Gasteiger partial charge in [0.25, 0.3) is 5.91 Å². The van der Waals surface area contributed by atoms with Crippen molar-refractivity contribution in [3.63, 3.8) is 0 Å². The zero-order valence-electron chi connectivity index (χ0n) is 12.3. The molecule has 0 aliphatic heterocycles. The van der Waals surface area contributed by atoms with Crippen LogP contribution in [0.4, 0.5) is 5.69 Å². The maximum atomic E-state index is 12.2. The molecule has 1 aromatic heterocycles. The first-order valence-corrected chi connectivity index (χ1v) is 8.04. The molecule has 2 rings (SSSR count). The number of rotatable bonds is 5. The average molecular weight is 374 g/mol. The van der Waals surface area contributed by atoms with E-state index in [0.29, 0.717) is 25.7 Å². The lowest BCUT2D eigenvalue weighted by atomic mass is 10.2. The molecule has 0 aliphatic rings. The highest BCUT2D eigenvalue weighted by Gasteiger charge is 2.15. The van der Waals surface area contributed by atoms with E-state index in [0.717, 1.165) is 16.9 Å². The van der Waals surface area contributed by atoms with Gasteiger partial charge in [-0.05, 0) is 36.8 Å². The Morgan fingerprint density at radius 3 is 2.57 bits per heavy atom. The number of ether oxygens (including phenoxy) is 2. The summed E-state index contributed by atoms with van der Waals surface area (Å²) in [5.74, 6) is -0.309. The Kier molecular flexibility index (Phi) is 5.87. The van der Waals surface area contributed by atoms with Gasteiger partial charge in [0.05, 0.1) is 17.0 Å². The van der Waals surface area contributed by atoms with Gasteiger partial charge in [0.1, 0.15) is 10.1 Å². The van der Waals surface area contributed by atoms with Crippen molar-refractivity contribution in [1.82, 2.24) is 0 Å². The molecule has 1 heterocycles. The van der Waals surface area contributed by atoms with Gasteiger partial charge in [-0.25, -0.2) is 4.79 Å². The molecule has 1 amide bonds. The predicted octanol–water partition coefficient (Wildman–Crippen LogP) is 4.17. The Balaban J connectivity index is 2.07. The molecular weight excluding hydrogens is 361 g/mol. The minimum Gasteiger partial charge on any atom is -0.482 e. The summed E-state index contributed by atoms with van der Waals surface area (Å²) in [6.45, 7) is 1.63. The average Bonchev–Trinajstić information content (AvgIpc) is 2.85. The van der Waals surface area contributed by atoms with Crippen LogP contribution in [0.5, 0.6) is 5.75 Å². The summed E-state index contributed by atoms with van der Waals surface area (Å²) >= 11 is 12.9. The maximum Gasteiger partial charge on any atom is 0.343 e. The lowest BCUT2D eigenvalue weighted by molar-refractivity contribution is -0.142. The number of anilines is 1. The molecular formula is C15H13Cl2NO4S. The summed E-state index contributed by atoms with van der Waals surface area (Å²) < 4.78 is 10.6. The second kappa shape index (κ2) is 7.68. The van der Waals surface area contributed by atoms with E-state index < -0.39 is 5.97 Å². The van der Waals surface area contributed by atoms with Gasteiger partial charge in [-0.2, -0.15) is 0 Å². The smallest absolute Gasteiger partial charge is 0.343 e. The van der Waals surface area contributed by atoms with Crippen LogP contribution < -0.4 is 10.1 Å². The van der Waals surface area contributed by atoms with E-state index in [4.69, 9.17) is 27.9 Å². The van der Waals surface area contributed by atoms with Gasteiger partial charge in [0.15, 0.2) is 6.61 Å². The first-order valence-electron chi connectivity index (χ1n) is 6.47. The Labute approximate surface area is 147 Å². The minimum atomic E-state index is -0.469. The fraction of sp³-hybridized carbons (Fsp3) is 0.200. The Morgan fingerprint density at radius 1 is 1.26 bits per heavy atom. The molecule has 8 heteroatoms. The number of nitrogens with one attached hydrogen (secondary N) is 1. The number of amides is 1. The van der Waals surface area contributed by atoms with Crippen molar-refractivity contribution in [2.45, 2.75) is 6.92 Å². The van der Waals surface area contributed by atoms with E-state index in [1.807, 2.05) is 6.92 Å². The number of carbonyl (C=O) groups excluding carboxylic acids is 2. The zero-order chi connectivity index (χ0) is 17.0. The highest BCUT2D eigenvalue weighted by molar-refractivity contribution is 7.20. The van der Waals surface area contributed by atoms with Crippen molar-refractivity contribution in [3.05, 3.63) is 44.1 Å². The van der Waals surface area contributed by atoms with E-state index in [2.05, 4.69) is 10.1 Å². The van der Waals surface area contributed by atoms with Crippen LogP contribution in [-0.2, 0) is 9.53 Å². The number of thiophene rings is 1. The normalized spacial score (nSPS) is 10.3. The van der Waals surface area contributed by atoms with Crippen LogP contribution in [0.1, 0.15) is 15.9 Å². The van der Waals surface area contributed by atoms with Crippen molar-refractivity contribution < 1.29 is 19.1 Å². The first-order chi connectivity index (χ1) is 10.9. The maximum absolute atomic E-state index is 12.2. The number of halogens is 2. The number of hydrogen-bond acceptors (Lipinski definition) is 5. The van der Waals surface area contributed by atoms with Crippen LogP contribution in [-0.4, -0.2) is 25.6 Å².